The van der Waals surface area contributed by atoms with Crippen molar-refractivity contribution in [3.8, 4) is 0 Å². The third-order valence-corrected chi connectivity index (χ3v) is 7.72. The van der Waals surface area contributed by atoms with Gasteiger partial charge in [0.25, 0.3) is 0 Å². The van der Waals surface area contributed by atoms with Gasteiger partial charge in [0.1, 0.15) is 6.04 Å². The molecule has 1 fully saturated rings. The van der Waals surface area contributed by atoms with E-state index in [0.717, 1.165) is 36.8 Å². The summed E-state index contributed by atoms with van der Waals surface area (Å²) in [5.74, 6) is 0.448. The second kappa shape index (κ2) is 12.2. The average molecular weight is 514 g/mol. The van der Waals surface area contributed by atoms with Crippen LogP contribution in [0.2, 0.25) is 15.1 Å². The lowest BCUT2D eigenvalue weighted by molar-refractivity contribution is -0.138. The number of hydrogen-bond donors (Lipinski definition) is 1. The number of nitrogens with one attached hydrogen (secondary N) is 1. The second-order valence-corrected chi connectivity index (χ2v) is 10.2. The molecule has 0 aromatic heterocycles. The summed E-state index contributed by atoms with van der Waals surface area (Å²) in [5, 5.41) is 4.83. The van der Waals surface area contributed by atoms with Crippen molar-refractivity contribution in [1.29, 1.82) is 0 Å². The van der Waals surface area contributed by atoms with E-state index in [0.29, 0.717) is 20.8 Å². The molecule has 1 N–H and O–H groups in total. The molecule has 32 heavy (non-hydrogen) atoms. The summed E-state index contributed by atoms with van der Waals surface area (Å²) in [6.45, 7) is 2.04. The highest BCUT2D eigenvalue weighted by Gasteiger charge is 2.28. The summed E-state index contributed by atoms with van der Waals surface area (Å²) in [6, 6.07) is 12.3. The lowest BCUT2D eigenvalue weighted by Gasteiger charge is -2.30. The fourth-order valence-corrected chi connectivity index (χ4v) is 5.62. The SMILES string of the molecule is C[C@@H](C(=O)NC1CCCC1)N(Cc1ccccc1Cl)C(=O)CSCc1c(Cl)cccc1Cl. The molecule has 0 heterocycles. The molecule has 3 rings (SSSR count). The first-order valence-corrected chi connectivity index (χ1v) is 13.0. The van der Waals surface area contributed by atoms with Crippen molar-refractivity contribution in [2.75, 3.05) is 5.75 Å². The van der Waals surface area contributed by atoms with Crippen molar-refractivity contribution in [2.24, 2.45) is 0 Å². The van der Waals surface area contributed by atoms with E-state index in [2.05, 4.69) is 5.32 Å². The summed E-state index contributed by atoms with van der Waals surface area (Å²) in [5.41, 5.74) is 1.61. The zero-order valence-corrected chi connectivity index (χ0v) is 21.0. The lowest BCUT2D eigenvalue weighted by Crippen LogP contribution is -2.50. The Morgan fingerprint density at radius 3 is 2.31 bits per heavy atom. The van der Waals surface area contributed by atoms with E-state index in [1.54, 1.807) is 36.1 Å². The molecule has 0 unspecified atom stereocenters. The Kier molecular flexibility index (Phi) is 9.60. The highest BCUT2D eigenvalue weighted by Crippen LogP contribution is 2.29. The third-order valence-electron chi connectivity index (χ3n) is 5.70. The highest BCUT2D eigenvalue weighted by molar-refractivity contribution is 7.99. The largest absolute Gasteiger partial charge is 0.352 e. The smallest absolute Gasteiger partial charge is 0.242 e. The van der Waals surface area contributed by atoms with Crippen LogP contribution < -0.4 is 5.32 Å². The van der Waals surface area contributed by atoms with Crippen molar-refractivity contribution < 1.29 is 9.59 Å². The molecular weight excluding hydrogens is 487 g/mol. The van der Waals surface area contributed by atoms with Crippen molar-refractivity contribution in [3.63, 3.8) is 0 Å². The van der Waals surface area contributed by atoms with Crippen molar-refractivity contribution in [1.82, 2.24) is 10.2 Å². The van der Waals surface area contributed by atoms with Gasteiger partial charge in [-0.3, -0.25) is 9.59 Å². The quantitative estimate of drug-likeness (QED) is 0.425. The molecule has 2 aromatic rings. The minimum absolute atomic E-state index is 0.128. The standard InChI is InChI=1S/C24H27Cl3N2O2S/c1-16(24(31)28-18-8-3-4-9-18)29(13-17-7-2-5-10-20(17)25)23(30)15-32-14-19-21(26)11-6-12-22(19)27/h2,5-7,10-12,16,18H,3-4,8-9,13-15H2,1H3,(H,28,31)/t16-/m0/s1. The summed E-state index contributed by atoms with van der Waals surface area (Å²) in [4.78, 5) is 27.7. The molecule has 1 aliphatic rings. The van der Waals surface area contributed by atoms with Crippen molar-refractivity contribution in [3.05, 3.63) is 68.7 Å². The molecule has 1 aliphatic carbocycles. The van der Waals surface area contributed by atoms with Crippen LogP contribution in [0.25, 0.3) is 0 Å². The van der Waals surface area contributed by atoms with E-state index >= 15 is 0 Å². The topological polar surface area (TPSA) is 49.4 Å². The van der Waals surface area contributed by atoms with Gasteiger partial charge in [-0.2, -0.15) is 0 Å². The Morgan fingerprint density at radius 1 is 1.03 bits per heavy atom. The minimum atomic E-state index is -0.608. The van der Waals surface area contributed by atoms with Gasteiger partial charge in [0.05, 0.1) is 5.75 Å². The predicted molar refractivity (Wildman–Crippen MR) is 134 cm³/mol. The molecule has 2 aromatic carbocycles. The number of nitrogens with zero attached hydrogens (tertiary/aromatic N) is 1. The number of hydrogen-bond acceptors (Lipinski definition) is 3. The maximum absolute atomic E-state index is 13.2. The van der Waals surface area contributed by atoms with Gasteiger partial charge in [-0.15, -0.1) is 11.8 Å². The number of amides is 2. The van der Waals surface area contributed by atoms with Gasteiger partial charge in [-0.25, -0.2) is 0 Å². The summed E-state index contributed by atoms with van der Waals surface area (Å²) in [7, 11) is 0. The van der Waals surface area contributed by atoms with Gasteiger partial charge in [0.15, 0.2) is 0 Å². The van der Waals surface area contributed by atoms with E-state index in [1.165, 1.54) is 11.8 Å². The number of halogens is 3. The molecule has 0 bridgehead atoms. The minimum Gasteiger partial charge on any atom is -0.352 e. The van der Waals surface area contributed by atoms with E-state index in [4.69, 9.17) is 34.8 Å². The van der Waals surface area contributed by atoms with Gasteiger partial charge >= 0.3 is 0 Å². The number of benzene rings is 2. The summed E-state index contributed by atoms with van der Waals surface area (Å²) in [6.07, 6.45) is 4.24. The van der Waals surface area contributed by atoms with Gasteiger partial charge in [0.2, 0.25) is 11.8 Å². The van der Waals surface area contributed by atoms with Crippen molar-refractivity contribution in [2.45, 2.75) is 57.0 Å². The zero-order chi connectivity index (χ0) is 23.1. The summed E-state index contributed by atoms with van der Waals surface area (Å²) < 4.78 is 0. The Morgan fingerprint density at radius 2 is 1.66 bits per heavy atom. The zero-order valence-electron chi connectivity index (χ0n) is 18.0. The lowest BCUT2D eigenvalue weighted by atomic mass is 10.1. The molecule has 1 atom stereocenters. The first-order chi connectivity index (χ1) is 15.4. The Balaban J connectivity index is 1.69. The monoisotopic (exact) mass is 512 g/mol. The molecule has 0 aliphatic heterocycles. The van der Waals surface area contributed by atoms with Crippen LogP contribution in [0.5, 0.6) is 0 Å². The molecule has 4 nitrogen and oxygen atoms in total. The molecule has 0 radical (unpaired) electrons. The second-order valence-electron chi connectivity index (χ2n) is 7.97. The number of carbonyl (C=O) groups is 2. The Bertz CT molecular complexity index is 930. The molecule has 0 saturated heterocycles. The van der Waals surface area contributed by atoms with Crippen LogP contribution in [0.15, 0.2) is 42.5 Å². The first kappa shape index (κ1) is 25.2. The van der Waals surface area contributed by atoms with Crippen LogP contribution in [0, 0.1) is 0 Å². The number of rotatable bonds is 9. The average Bonchev–Trinajstić information content (AvgIpc) is 3.27. The molecular formula is C24H27Cl3N2O2S. The fourth-order valence-electron chi connectivity index (χ4n) is 3.78. The van der Waals surface area contributed by atoms with E-state index < -0.39 is 6.04 Å². The van der Waals surface area contributed by atoms with Crippen LogP contribution in [0.3, 0.4) is 0 Å². The van der Waals surface area contributed by atoms with Gasteiger partial charge in [-0.1, -0.05) is 71.9 Å². The van der Waals surface area contributed by atoms with Crippen LogP contribution in [-0.4, -0.2) is 34.6 Å². The van der Waals surface area contributed by atoms with Crippen LogP contribution in [0.4, 0.5) is 0 Å². The van der Waals surface area contributed by atoms with Gasteiger partial charge in [-0.05, 0) is 49.1 Å². The van der Waals surface area contributed by atoms with E-state index in [-0.39, 0.29) is 30.2 Å². The number of carbonyl (C=O) groups excluding carboxylic acids is 2. The maximum Gasteiger partial charge on any atom is 0.242 e. The number of thioether (sulfide) groups is 1. The highest BCUT2D eigenvalue weighted by atomic mass is 35.5. The third kappa shape index (κ3) is 6.80. The fraction of sp³-hybridized carbons (Fsp3) is 0.417. The van der Waals surface area contributed by atoms with E-state index in [9.17, 15) is 9.59 Å². The van der Waals surface area contributed by atoms with Gasteiger partial charge < -0.3 is 10.2 Å². The van der Waals surface area contributed by atoms with Crippen LogP contribution in [-0.2, 0) is 21.9 Å². The Hall–Kier alpha value is -1.40. The molecule has 0 spiro atoms. The van der Waals surface area contributed by atoms with E-state index in [1.807, 2.05) is 18.2 Å². The first-order valence-electron chi connectivity index (χ1n) is 10.7. The Labute approximate surface area is 209 Å². The molecule has 2 amide bonds. The normalized spacial score (nSPS) is 14.9. The predicted octanol–water partition coefficient (Wildman–Crippen LogP) is 6.36. The maximum atomic E-state index is 13.2. The van der Waals surface area contributed by atoms with Crippen LogP contribution >= 0.6 is 46.6 Å². The molecule has 1 saturated carbocycles. The molecule has 172 valence electrons. The van der Waals surface area contributed by atoms with Gasteiger partial charge in [0, 0.05) is 33.4 Å². The van der Waals surface area contributed by atoms with Crippen molar-refractivity contribution >= 4 is 58.4 Å². The summed E-state index contributed by atoms with van der Waals surface area (Å²) >= 11 is 20.3. The van der Waals surface area contributed by atoms with Crippen LogP contribution in [0.1, 0.15) is 43.7 Å². The molecule has 8 heteroatoms.